The van der Waals surface area contributed by atoms with E-state index >= 15 is 0 Å². The maximum Gasteiger partial charge on any atom is 0.295 e. The number of nitrogens with zero attached hydrogens (tertiary/aromatic N) is 3. The molecular formula is C25H22BrClN4O. The van der Waals surface area contributed by atoms with E-state index in [9.17, 15) is 4.79 Å². The zero-order chi connectivity index (χ0) is 22.8. The summed E-state index contributed by atoms with van der Waals surface area (Å²) < 4.78 is 2.62. The quantitative estimate of drug-likeness (QED) is 0.314. The monoisotopic (exact) mass is 508 g/mol. The molecule has 0 fully saturated rings. The number of hydrogen-bond donors (Lipinski definition) is 1. The van der Waals surface area contributed by atoms with Crippen LogP contribution in [0, 0.1) is 6.92 Å². The molecule has 4 rings (SSSR count). The SMILES string of the molecule is Cc1ccc(-n2nc(C(=O)Nc3ccc(Br)cc3C(C)C)nc2-c2ccccc2)cc1Cl. The lowest BCUT2D eigenvalue weighted by Crippen LogP contribution is -2.16. The summed E-state index contributed by atoms with van der Waals surface area (Å²) >= 11 is 9.85. The summed E-state index contributed by atoms with van der Waals surface area (Å²) in [5.41, 5.74) is 4.32. The normalized spacial score (nSPS) is 11.1. The van der Waals surface area contributed by atoms with Crippen molar-refractivity contribution in [2.75, 3.05) is 5.32 Å². The van der Waals surface area contributed by atoms with Gasteiger partial charge in [-0.1, -0.05) is 77.8 Å². The van der Waals surface area contributed by atoms with Crippen LogP contribution < -0.4 is 5.32 Å². The van der Waals surface area contributed by atoms with Crippen molar-refractivity contribution in [2.45, 2.75) is 26.7 Å². The van der Waals surface area contributed by atoms with Gasteiger partial charge in [0.05, 0.1) is 5.69 Å². The van der Waals surface area contributed by atoms with E-state index in [-0.39, 0.29) is 17.6 Å². The van der Waals surface area contributed by atoms with Crippen LogP contribution in [0.2, 0.25) is 5.02 Å². The van der Waals surface area contributed by atoms with E-state index in [1.807, 2.05) is 73.7 Å². The lowest BCUT2D eigenvalue weighted by atomic mass is 10.0. The number of anilines is 1. The van der Waals surface area contributed by atoms with Crippen molar-refractivity contribution in [3.8, 4) is 17.1 Å². The van der Waals surface area contributed by atoms with E-state index in [4.69, 9.17) is 11.6 Å². The third-order valence-corrected chi connectivity index (χ3v) is 6.03. The van der Waals surface area contributed by atoms with Gasteiger partial charge in [-0.3, -0.25) is 4.79 Å². The predicted molar refractivity (Wildman–Crippen MR) is 133 cm³/mol. The van der Waals surface area contributed by atoms with Crippen molar-refractivity contribution in [2.24, 2.45) is 0 Å². The number of aromatic nitrogens is 3. The minimum Gasteiger partial charge on any atom is -0.319 e. The summed E-state index contributed by atoms with van der Waals surface area (Å²) in [6, 6.07) is 21.1. The molecule has 0 aliphatic rings. The minimum atomic E-state index is -0.372. The molecule has 0 saturated heterocycles. The van der Waals surface area contributed by atoms with Crippen molar-refractivity contribution < 1.29 is 4.79 Å². The number of amides is 1. The Morgan fingerprint density at radius 1 is 1.06 bits per heavy atom. The second-order valence-electron chi connectivity index (χ2n) is 7.81. The van der Waals surface area contributed by atoms with Crippen LogP contribution in [-0.2, 0) is 0 Å². The highest BCUT2D eigenvalue weighted by Gasteiger charge is 2.20. The lowest BCUT2D eigenvalue weighted by molar-refractivity contribution is 0.101. The molecule has 0 radical (unpaired) electrons. The molecule has 1 heterocycles. The zero-order valence-corrected chi connectivity index (χ0v) is 20.3. The number of aryl methyl sites for hydroxylation is 1. The van der Waals surface area contributed by atoms with Crippen LogP contribution in [0.1, 0.15) is 41.5 Å². The largest absolute Gasteiger partial charge is 0.319 e. The molecule has 3 aromatic carbocycles. The molecule has 7 heteroatoms. The second kappa shape index (κ2) is 9.27. The van der Waals surface area contributed by atoms with Crippen LogP contribution >= 0.6 is 27.5 Å². The molecule has 4 aromatic rings. The first-order chi connectivity index (χ1) is 15.3. The van der Waals surface area contributed by atoms with Gasteiger partial charge in [0.25, 0.3) is 5.91 Å². The van der Waals surface area contributed by atoms with Crippen LogP contribution in [0.15, 0.2) is 71.2 Å². The summed E-state index contributed by atoms with van der Waals surface area (Å²) in [7, 11) is 0. The number of carbonyl (C=O) groups excluding carboxylic acids is 1. The first-order valence-electron chi connectivity index (χ1n) is 10.2. The molecule has 0 saturated carbocycles. The van der Waals surface area contributed by atoms with Gasteiger partial charge < -0.3 is 5.32 Å². The molecule has 1 amide bonds. The summed E-state index contributed by atoms with van der Waals surface area (Å²) in [5.74, 6) is 0.514. The highest BCUT2D eigenvalue weighted by Crippen LogP contribution is 2.29. The van der Waals surface area contributed by atoms with Gasteiger partial charge in [-0.2, -0.15) is 0 Å². The summed E-state index contributed by atoms with van der Waals surface area (Å²) in [5, 5.41) is 8.14. The number of hydrogen-bond acceptors (Lipinski definition) is 3. The molecule has 162 valence electrons. The summed E-state index contributed by atoms with van der Waals surface area (Å²) in [6.07, 6.45) is 0. The Morgan fingerprint density at radius 3 is 2.50 bits per heavy atom. The van der Waals surface area contributed by atoms with Gasteiger partial charge in [-0.15, -0.1) is 5.10 Å². The van der Waals surface area contributed by atoms with Crippen LogP contribution in [0.3, 0.4) is 0 Å². The fraction of sp³-hybridized carbons (Fsp3) is 0.160. The Balaban J connectivity index is 1.76. The molecule has 0 aliphatic carbocycles. The third-order valence-electron chi connectivity index (χ3n) is 5.13. The molecule has 0 atom stereocenters. The molecule has 32 heavy (non-hydrogen) atoms. The Bertz CT molecular complexity index is 1280. The first-order valence-corrected chi connectivity index (χ1v) is 11.4. The van der Waals surface area contributed by atoms with Crippen LogP contribution in [-0.4, -0.2) is 20.7 Å². The molecule has 5 nitrogen and oxygen atoms in total. The van der Waals surface area contributed by atoms with Crippen molar-refractivity contribution in [1.29, 1.82) is 0 Å². The van der Waals surface area contributed by atoms with Crippen LogP contribution in [0.4, 0.5) is 5.69 Å². The summed E-state index contributed by atoms with van der Waals surface area (Å²) in [6.45, 7) is 6.10. The molecule has 0 unspecified atom stereocenters. The second-order valence-corrected chi connectivity index (χ2v) is 9.13. The number of benzene rings is 3. The van der Waals surface area contributed by atoms with E-state index in [0.29, 0.717) is 10.8 Å². The lowest BCUT2D eigenvalue weighted by Gasteiger charge is -2.13. The maximum absolute atomic E-state index is 13.1. The highest BCUT2D eigenvalue weighted by molar-refractivity contribution is 9.10. The predicted octanol–water partition coefficient (Wildman–Crippen LogP) is 7.03. The van der Waals surface area contributed by atoms with E-state index in [1.54, 1.807) is 4.68 Å². The van der Waals surface area contributed by atoms with Gasteiger partial charge in [0.1, 0.15) is 0 Å². The smallest absolute Gasteiger partial charge is 0.295 e. The molecule has 0 aliphatic heterocycles. The highest BCUT2D eigenvalue weighted by atomic mass is 79.9. The van der Waals surface area contributed by atoms with Crippen LogP contribution in [0.25, 0.3) is 17.1 Å². The average molecular weight is 510 g/mol. The van der Waals surface area contributed by atoms with E-state index in [0.717, 1.165) is 32.5 Å². The Hall–Kier alpha value is -2.96. The van der Waals surface area contributed by atoms with Crippen molar-refractivity contribution in [1.82, 2.24) is 14.8 Å². The molecule has 0 spiro atoms. The van der Waals surface area contributed by atoms with Crippen molar-refractivity contribution >= 4 is 39.1 Å². The third kappa shape index (κ3) is 4.61. The molecule has 0 bridgehead atoms. The molecular weight excluding hydrogens is 488 g/mol. The van der Waals surface area contributed by atoms with Gasteiger partial charge in [-0.05, 0) is 54.3 Å². The van der Waals surface area contributed by atoms with Crippen LogP contribution in [0.5, 0.6) is 0 Å². The molecule has 1 N–H and O–H groups in total. The standard InChI is InChI=1S/C25H22BrClN4O/c1-15(2)20-13-18(26)10-12-22(20)28-25(32)23-29-24(17-7-5-4-6-8-17)31(30-23)19-11-9-16(3)21(27)14-19/h4-15H,1-3H3,(H,28,32). The number of halogens is 2. The maximum atomic E-state index is 13.1. The minimum absolute atomic E-state index is 0.0816. The van der Waals surface area contributed by atoms with E-state index in [2.05, 4.69) is 45.2 Å². The van der Waals surface area contributed by atoms with E-state index in [1.165, 1.54) is 0 Å². The zero-order valence-electron chi connectivity index (χ0n) is 17.9. The van der Waals surface area contributed by atoms with Gasteiger partial charge in [0.2, 0.25) is 5.82 Å². The van der Waals surface area contributed by atoms with Gasteiger partial charge in [0, 0.05) is 20.7 Å². The van der Waals surface area contributed by atoms with Crippen molar-refractivity contribution in [3.05, 3.63) is 93.2 Å². The Kier molecular flexibility index (Phi) is 6.44. The van der Waals surface area contributed by atoms with Gasteiger partial charge >= 0.3 is 0 Å². The summed E-state index contributed by atoms with van der Waals surface area (Å²) in [4.78, 5) is 17.7. The molecule has 1 aromatic heterocycles. The van der Waals surface area contributed by atoms with Gasteiger partial charge in [-0.25, -0.2) is 9.67 Å². The first kappa shape index (κ1) is 22.2. The number of carbonyl (C=O) groups is 1. The number of nitrogens with one attached hydrogen (secondary N) is 1. The fourth-order valence-corrected chi connectivity index (χ4v) is 3.93. The Morgan fingerprint density at radius 2 is 1.81 bits per heavy atom. The van der Waals surface area contributed by atoms with E-state index < -0.39 is 0 Å². The fourth-order valence-electron chi connectivity index (χ4n) is 3.38. The number of rotatable bonds is 5. The topological polar surface area (TPSA) is 59.8 Å². The Labute approximate surface area is 200 Å². The van der Waals surface area contributed by atoms with Gasteiger partial charge in [0.15, 0.2) is 5.82 Å². The average Bonchev–Trinajstić information content (AvgIpc) is 3.23. The van der Waals surface area contributed by atoms with Crippen molar-refractivity contribution in [3.63, 3.8) is 0 Å².